The standard InChI is InChI=1S/C21H22N2/c1-3-5-17-6-8-18(9-7-17)19-10-12-20(13-11-19)21-22-14-16(4-2)15-23-21/h6-15H,3-5H2,1-2H3. The molecular weight excluding hydrogens is 280 g/mol. The Kier molecular flexibility index (Phi) is 4.82. The minimum absolute atomic E-state index is 0.784. The zero-order valence-corrected chi connectivity index (χ0v) is 13.8. The van der Waals surface area contributed by atoms with Crippen molar-refractivity contribution in [3.63, 3.8) is 0 Å². The number of benzene rings is 2. The monoisotopic (exact) mass is 302 g/mol. The maximum absolute atomic E-state index is 4.44. The topological polar surface area (TPSA) is 25.8 Å². The Balaban J connectivity index is 1.80. The highest BCUT2D eigenvalue weighted by atomic mass is 14.9. The molecule has 2 nitrogen and oxygen atoms in total. The molecule has 2 aromatic carbocycles. The van der Waals surface area contributed by atoms with Gasteiger partial charge in [-0.15, -0.1) is 0 Å². The third-order valence-electron chi connectivity index (χ3n) is 4.08. The smallest absolute Gasteiger partial charge is 0.159 e. The Hall–Kier alpha value is -2.48. The fourth-order valence-electron chi connectivity index (χ4n) is 2.65. The number of rotatable bonds is 5. The van der Waals surface area contributed by atoms with Crippen molar-refractivity contribution in [2.45, 2.75) is 33.1 Å². The first-order valence-corrected chi connectivity index (χ1v) is 8.31. The molecule has 116 valence electrons. The molecule has 0 amide bonds. The van der Waals surface area contributed by atoms with Crippen LogP contribution in [0.4, 0.5) is 0 Å². The molecule has 0 saturated carbocycles. The predicted molar refractivity (Wildman–Crippen MR) is 96.3 cm³/mol. The van der Waals surface area contributed by atoms with E-state index < -0.39 is 0 Å². The minimum atomic E-state index is 0.784. The highest BCUT2D eigenvalue weighted by Crippen LogP contribution is 2.23. The van der Waals surface area contributed by atoms with Crippen LogP contribution in [0.5, 0.6) is 0 Å². The molecule has 0 fully saturated rings. The molecule has 0 atom stereocenters. The van der Waals surface area contributed by atoms with E-state index in [0.717, 1.165) is 29.8 Å². The lowest BCUT2D eigenvalue weighted by Crippen LogP contribution is -1.91. The van der Waals surface area contributed by atoms with Crippen molar-refractivity contribution in [3.05, 3.63) is 72.1 Å². The largest absolute Gasteiger partial charge is 0.236 e. The number of hydrogen-bond donors (Lipinski definition) is 0. The molecule has 0 radical (unpaired) electrons. The third kappa shape index (κ3) is 3.65. The van der Waals surface area contributed by atoms with Gasteiger partial charge in [-0.25, -0.2) is 9.97 Å². The number of aromatic nitrogens is 2. The van der Waals surface area contributed by atoms with Gasteiger partial charge in [0.15, 0.2) is 5.82 Å². The SMILES string of the molecule is CCCc1ccc(-c2ccc(-c3ncc(CC)cn3)cc2)cc1. The van der Waals surface area contributed by atoms with E-state index in [2.05, 4.69) is 72.3 Å². The molecule has 0 spiro atoms. The van der Waals surface area contributed by atoms with Gasteiger partial charge in [0.2, 0.25) is 0 Å². The van der Waals surface area contributed by atoms with Gasteiger partial charge in [-0.1, -0.05) is 68.8 Å². The minimum Gasteiger partial charge on any atom is -0.236 e. The van der Waals surface area contributed by atoms with Gasteiger partial charge >= 0.3 is 0 Å². The van der Waals surface area contributed by atoms with E-state index >= 15 is 0 Å². The lowest BCUT2D eigenvalue weighted by Gasteiger charge is -2.06. The fraction of sp³-hybridized carbons (Fsp3) is 0.238. The van der Waals surface area contributed by atoms with Crippen LogP contribution >= 0.6 is 0 Å². The Bertz CT molecular complexity index is 741. The summed E-state index contributed by atoms with van der Waals surface area (Å²) in [7, 11) is 0. The molecule has 0 N–H and O–H groups in total. The van der Waals surface area contributed by atoms with Crippen LogP contribution < -0.4 is 0 Å². The first-order chi connectivity index (χ1) is 11.3. The summed E-state index contributed by atoms with van der Waals surface area (Å²) in [6.07, 6.45) is 7.10. The van der Waals surface area contributed by atoms with Gasteiger partial charge in [0.1, 0.15) is 0 Å². The summed E-state index contributed by atoms with van der Waals surface area (Å²) in [5, 5.41) is 0. The average molecular weight is 302 g/mol. The van der Waals surface area contributed by atoms with Gasteiger partial charge in [-0.2, -0.15) is 0 Å². The summed E-state index contributed by atoms with van der Waals surface area (Å²) in [6, 6.07) is 17.3. The third-order valence-corrected chi connectivity index (χ3v) is 4.08. The van der Waals surface area contributed by atoms with E-state index in [0.29, 0.717) is 0 Å². The molecule has 23 heavy (non-hydrogen) atoms. The van der Waals surface area contributed by atoms with Crippen LogP contribution in [0.15, 0.2) is 60.9 Å². The Morgan fingerprint density at radius 3 is 1.70 bits per heavy atom. The van der Waals surface area contributed by atoms with Crippen molar-refractivity contribution in [2.75, 3.05) is 0 Å². The van der Waals surface area contributed by atoms with Crippen LogP contribution in [-0.2, 0) is 12.8 Å². The van der Waals surface area contributed by atoms with Crippen molar-refractivity contribution in [2.24, 2.45) is 0 Å². The second-order valence-electron chi connectivity index (χ2n) is 5.79. The second kappa shape index (κ2) is 7.19. The molecule has 0 aliphatic heterocycles. The fourth-order valence-corrected chi connectivity index (χ4v) is 2.65. The molecule has 3 rings (SSSR count). The first-order valence-electron chi connectivity index (χ1n) is 8.31. The summed E-state index contributed by atoms with van der Waals surface area (Å²) in [5.74, 6) is 0.784. The molecule has 0 aliphatic rings. The van der Waals surface area contributed by atoms with Gasteiger partial charge in [-0.05, 0) is 35.1 Å². The van der Waals surface area contributed by atoms with Crippen molar-refractivity contribution in [3.8, 4) is 22.5 Å². The van der Waals surface area contributed by atoms with Crippen molar-refractivity contribution < 1.29 is 0 Å². The molecule has 0 aliphatic carbocycles. The lowest BCUT2D eigenvalue weighted by atomic mass is 10.0. The average Bonchev–Trinajstić information content (AvgIpc) is 2.63. The van der Waals surface area contributed by atoms with E-state index in [9.17, 15) is 0 Å². The van der Waals surface area contributed by atoms with Crippen molar-refractivity contribution in [1.29, 1.82) is 0 Å². The van der Waals surface area contributed by atoms with Gasteiger partial charge in [0.05, 0.1) is 0 Å². The Labute approximate surface area is 138 Å². The predicted octanol–water partition coefficient (Wildman–Crippen LogP) is 5.33. The van der Waals surface area contributed by atoms with Crippen LogP contribution in [0.2, 0.25) is 0 Å². The Morgan fingerprint density at radius 1 is 0.652 bits per heavy atom. The summed E-state index contributed by atoms with van der Waals surface area (Å²) in [4.78, 5) is 8.89. The number of aryl methyl sites for hydroxylation is 2. The quantitative estimate of drug-likeness (QED) is 0.637. The van der Waals surface area contributed by atoms with Gasteiger partial charge in [0.25, 0.3) is 0 Å². The molecule has 1 heterocycles. The molecule has 0 bridgehead atoms. The summed E-state index contributed by atoms with van der Waals surface area (Å²) < 4.78 is 0. The highest BCUT2D eigenvalue weighted by molar-refractivity contribution is 5.67. The molecule has 0 saturated heterocycles. The lowest BCUT2D eigenvalue weighted by molar-refractivity contribution is 0.922. The summed E-state index contributed by atoms with van der Waals surface area (Å²) in [6.45, 7) is 4.32. The molecule has 0 unspecified atom stereocenters. The van der Waals surface area contributed by atoms with Crippen LogP contribution in [-0.4, -0.2) is 9.97 Å². The summed E-state index contributed by atoms with van der Waals surface area (Å²) >= 11 is 0. The number of nitrogens with zero attached hydrogens (tertiary/aromatic N) is 2. The van der Waals surface area contributed by atoms with Crippen molar-refractivity contribution in [1.82, 2.24) is 9.97 Å². The van der Waals surface area contributed by atoms with E-state index in [1.54, 1.807) is 0 Å². The van der Waals surface area contributed by atoms with Crippen molar-refractivity contribution >= 4 is 0 Å². The van der Waals surface area contributed by atoms with Crippen LogP contribution in [0.1, 0.15) is 31.4 Å². The normalized spacial score (nSPS) is 10.7. The second-order valence-corrected chi connectivity index (χ2v) is 5.79. The highest BCUT2D eigenvalue weighted by Gasteiger charge is 2.03. The van der Waals surface area contributed by atoms with E-state index in [4.69, 9.17) is 0 Å². The van der Waals surface area contributed by atoms with E-state index in [-0.39, 0.29) is 0 Å². The van der Waals surface area contributed by atoms with Gasteiger partial charge in [-0.3, -0.25) is 0 Å². The van der Waals surface area contributed by atoms with Crippen LogP contribution in [0.25, 0.3) is 22.5 Å². The van der Waals surface area contributed by atoms with E-state index in [1.807, 2.05) is 12.4 Å². The number of hydrogen-bond acceptors (Lipinski definition) is 2. The first kappa shape index (κ1) is 15.4. The molecule has 2 heteroatoms. The molecule has 3 aromatic rings. The van der Waals surface area contributed by atoms with Crippen LogP contribution in [0, 0.1) is 0 Å². The van der Waals surface area contributed by atoms with E-state index in [1.165, 1.54) is 23.1 Å². The maximum Gasteiger partial charge on any atom is 0.159 e. The molecular formula is C21H22N2. The van der Waals surface area contributed by atoms with Crippen LogP contribution in [0.3, 0.4) is 0 Å². The maximum atomic E-state index is 4.44. The zero-order valence-electron chi connectivity index (χ0n) is 13.8. The van der Waals surface area contributed by atoms with Gasteiger partial charge in [0, 0.05) is 18.0 Å². The Morgan fingerprint density at radius 2 is 1.17 bits per heavy atom. The zero-order chi connectivity index (χ0) is 16.1. The summed E-state index contributed by atoms with van der Waals surface area (Å²) in [5.41, 5.74) is 6.09. The molecule has 1 aromatic heterocycles. The van der Waals surface area contributed by atoms with Gasteiger partial charge < -0.3 is 0 Å².